The quantitative estimate of drug-likeness (QED) is 0.443. The third-order valence-electron chi connectivity index (χ3n) is 5.41. The zero-order valence-electron chi connectivity index (χ0n) is 17.5. The summed E-state index contributed by atoms with van der Waals surface area (Å²) in [5.74, 6) is 0.541. The number of carbonyl (C=O) groups excluding carboxylic acids is 1. The molecule has 0 unspecified atom stereocenters. The van der Waals surface area contributed by atoms with Crippen molar-refractivity contribution in [1.82, 2.24) is 9.58 Å². The van der Waals surface area contributed by atoms with Crippen LogP contribution >= 0.6 is 11.8 Å². The molecule has 1 aromatic heterocycles. The maximum absolute atomic E-state index is 12.6. The Hall–Kier alpha value is -3.65. The number of aryl methyl sites for hydroxylation is 2. The first kappa shape index (κ1) is 20.3. The summed E-state index contributed by atoms with van der Waals surface area (Å²) in [5.41, 5.74) is 4.89. The fourth-order valence-electron chi connectivity index (χ4n) is 3.80. The van der Waals surface area contributed by atoms with E-state index in [-0.39, 0.29) is 11.4 Å². The van der Waals surface area contributed by atoms with Gasteiger partial charge in [-0.1, -0.05) is 36.4 Å². The molecule has 0 atom stereocenters. The number of aliphatic imine (C=N–C) groups is 1. The lowest BCUT2D eigenvalue weighted by Gasteiger charge is -2.20. The lowest BCUT2D eigenvalue weighted by molar-refractivity contribution is -0.114. The van der Waals surface area contributed by atoms with Crippen LogP contribution in [0.15, 0.2) is 70.4 Å². The van der Waals surface area contributed by atoms with Gasteiger partial charge in [-0.2, -0.15) is 15.1 Å². The fourth-order valence-corrected chi connectivity index (χ4v) is 4.41. The lowest BCUT2D eigenvalue weighted by Crippen LogP contribution is -2.35. The summed E-state index contributed by atoms with van der Waals surface area (Å²) < 4.78 is 8.10. The van der Waals surface area contributed by atoms with Crippen molar-refractivity contribution >= 4 is 51.2 Å². The van der Waals surface area contributed by atoms with Crippen molar-refractivity contribution in [3.8, 4) is 5.75 Å². The van der Waals surface area contributed by atoms with Gasteiger partial charge in [0.1, 0.15) is 5.75 Å². The molecule has 7 nitrogen and oxygen atoms in total. The van der Waals surface area contributed by atoms with E-state index in [1.165, 1.54) is 16.8 Å². The van der Waals surface area contributed by atoms with Crippen LogP contribution in [0.5, 0.6) is 5.75 Å². The van der Waals surface area contributed by atoms with Gasteiger partial charge in [-0.3, -0.25) is 10.2 Å². The van der Waals surface area contributed by atoms with E-state index in [2.05, 4.69) is 20.7 Å². The number of fused-ring (bicyclic) bond motifs is 2. The topological polar surface area (TPSA) is 83.0 Å². The van der Waals surface area contributed by atoms with Crippen LogP contribution in [0.1, 0.15) is 17.5 Å². The van der Waals surface area contributed by atoms with Crippen LogP contribution < -0.4 is 4.74 Å². The van der Waals surface area contributed by atoms with Crippen LogP contribution in [0, 0.1) is 12.3 Å². The van der Waals surface area contributed by atoms with Crippen LogP contribution in [0.3, 0.4) is 0 Å². The number of nitrogens with one attached hydrogen (secondary N) is 1. The molecule has 1 N–H and O–H groups in total. The summed E-state index contributed by atoms with van der Waals surface area (Å²) in [7, 11) is 0. The molecular weight excluding hydrogens is 422 g/mol. The zero-order chi connectivity index (χ0) is 22.1. The number of hydrogen-bond acceptors (Lipinski definition) is 5. The SMILES string of the molecule is Cc1ccccc1OCCCn1cc(C=C2C(=N)N3N=CSC3=NC2=O)c2ccccc21. The van der Waals surface area contributed by atoms with Crippen LogP contribution in [0.4, 0.5) is 0 Å². The van der Waals surface area contributed by atoms with E-state index < -0.39 is 5.91 Å². The first-order valence-electron chi connectivity index (χ1n) is 10.3. The van der Waals surface area contributed by atoms with E-state index in [9.17, 15) is 4.79 Å². The second kappa shape index (κ2) is 8.47. The van der Waals surface area contributed by atoms with E-state index in [1.807, 2.05) is 55.6 Å². The molecule has 0 aliphatic carbocycles. The molecule has 160 valence electrons. The second-order valence-corrected chi connectivity index (χ2v) is 8.33. The first-order valence-corrected chi connectivity index (χ1v) is 11.2. The number of aromatic nitrogens is 1. The predicted molar refractivity (Wildman–Crippen MR) is 129 cm³/mol. The molecular formula is C24H21N5O2S. The largest absolute Gasteiger partial charge is 0.493 e. The van der Waals surface area contributed by atoms with Crippen molar-refractivity contribution in [2.24, 2.45) is 10.1 Å². The molecule has 3 heterocycles. The van der Waals surface area contributed by atoms with Gasteiger partial charge < -0.3 is 9.30 Å². The summed E-state index contributed by atoms with van der Waals surface area (Å²) in [4.78, 5) is 16.6. The van der Waals surface area contributed by atoms with Crippen molar-refractivity contribution in [1.29, 1.82) is 5.41 Å². The maximum atomic E-state index is 12.6. The van der Waals surface area contributed by atoms with Gasteiger partial charge in [0.05, 0.1) is 17.7 Å². The molecule has 0 saturated carbocycles. The second-order valence-electron chi connectivity index (χ2n) is 7.52. The van der Waals surface area contributed by atoms with Crippen LogP contribution in [0.25, 0.3) is 17.0 Å². The van der Waals surface area contributed by atoms with E-state index in [4.69, 9.17) is 10.1 Å². The summed E-state index contributed by atoms with van der Waals surface area (Å²) in [6, 6.07) is 16.1. The Balaban J connectivity index is 1.38. The normalized spacial score (nSPS) is 16.7. The number of ether oxygens (including phenoxy) is 1. The van der Waals surface area contributed by atoms with Gasteiger partial charge in [-0.05, 0) is 48.9 Å². The van der Waals surface area contributed by atoms with Gasteiger partial charge in [0.2, 0.25) is 0 Å². The summed E-state index contributed by atoms with van der Waals surface area (Å²) in [5, 5.41) is 15.4. The van der Waals surface area contributed by atoms with Gasteiger partial charge in [-0.15, -0.1) is 0 Å². The molecule has 0 fully saturated rings. The Morgan fingerprint density at radius 3 is 2.84 bits per heavy atom. The first-order chi connectivity index (χ1) is 15.6. The highest BCUT2D eigenvalue weighted by molar-refractivity contribution is 8.25. The minimum atomic E-state index is -0.414. The Labute approximate surface area is 189 Å². The van der Waals surface area contributed by atoms with Crippen molar-refractivity contribution in [3.05, 3.63) is 71.4 Å². The molecule has 2 aliphatic rings. The standard InChI is InChI=1S/C24H21N5O2S/c1-16-7-2-5-10-21(16)31-12-6-11-28-14-17(18-8-3-4-9-20(18)28)13-19-22(25)29-24(27-23(19)30)32-15-26-29/h2-5,7-10,13-15,25H,6,11-12H2,1H3. The van der Waals surface area contributed by atoms with Crippen LogP contribution in [0.2, 0.25) is 0 Å². The molecule has 2 aromatic carbocycles. The highest BCUT2D eigenvalue weighted by Crippen LogP contribution is 2.28. The summed E-state index contributed by atoms with van der Waals surface area (Å²) >= 11 is 1.24. The number of hydrazone groups is 1. The summed E-state index contributed by atoms with van der Waals surface area (Å²) in [6.45, 7) is 3.42. The molecule has 0 spiro atoms. The van der Waals surface area contributed by atoms with Gasteiger partial charge in [0, 0.05) is 29.2 Å². The minimum absolute atomic E-state index is 0.0460. The molecule has 2 aliphatic heterocycles. The van der Waals surface area contributed by atoms with Gasteiger partial charge in [0.15, 0.2) is 11.0 Å². The average molecular weight is 444 g/mol. The Bertz CT molecular complexity index is 1320. The molecule has 5 rings (SSSR count). The summed E-state index contributed by atoms with van der Waals surface area (Å²) in [6.07, 6.45) is 4.60. The van der Waals surface area contributed by atoms with Gasteiger partial charge in [0.25, 0.3) is 5.91 Å². The molecule has 0 bridgehead atoms. The van der Waals surface area contributed by atoms with Crippen molar-refractivity contribution < 1.29 is 9.53 Å². The molecule has 1 amide bonds. The number of hydrogen-bond donors (Lipinski definition) is 1. The molecule has 0 saturated heterocycles. The van der Waals surface area contributed by atoms with E-state index >= 15 is 0 Å². The highest BCUT2D eigenvalue weighted by atomic mass is 32.2. The molecule has 0 radical (unpaired) electrons. The third-order valence-corrected chi connectivity index (χ3v) is 6.08. The van der Waals surface area contributed by atoms with Gasteiger partial charge in [-0.25, -0.2) is 0 Å². The third kappa shape index (κ3) is 3.73. The lowest BCUT2D eigenvalue weighted by atomic mass is 10.1. The van der Waals surface area contributed by atoms with E-state index in [0.29, 0.717) is 11.8 Å². The van der Waals surface area contributed by atoms with E-state index in [0.717, 1.165) is 40.7 Å². The zero-order valence-corrected chi connectivity index (χ0v) is 18.3. The molecule has 8 heteroatoms. The van der Waals surface area contributed by atoms with Crippen molar-refractivity contribution in [2.75, 3.05) is 6.61 Å². The Morgan fingerprint density at radius 1 is 1.16 bits per heavy atom. The number of carbonyl (C=O) groups is 1. The van der Waals surface area contributed by atoms with Crippen molar-refractivity contribution in [2.45, 2.75) is 19.9 Å². The highest BCUT2D eigenvalue weighted by Gasteiger charge is 2.32. The van der Waals surface area contributed by atoms with Crippen LogP contribution in [-0.4, -0.2) is 38.6 Å². The number of benzene rings is 2. The maximum Gasteiger partial charge on any atom is 0.283 e. The number of thioether (sulfide) groups is 1. The smallest absolute Gasteiger partial charge is 0.283 e. The van der Waals surface area contributed by atoms with Gasteiger partial charge >= 0.3 is 0 Å². The van der Waals surface area contributed by atoms with E-state index in [1.54, 1.807) is 11.6 Å². The number of amides is 1. The predicted octanol–water partition coefficient (Wildman–Crippen LogP) is 4.67. The number of nitrogens with zero attached hydrogens (tertiary/aromatic N) is 4. The monoisotopic (exact) mass is 443 g/mol. The van der Waals surface area contributed by atoms with Crippen molar-refractivity contribution in [3.63, 3.8) is 0 Å². The number of para-hydroxylation sites is 2. The molecule has 32 heavy (non-hydrogen) atoms. The Morgan fingerprint density at radius 2 is 1.97 bits per heavy atom. The number of amidine groups is 2. The Kier molecular flexibility index (Phi) is 5.36. The fraction of sp³-hybridized carbons (Fsp3) is 0.167. The average Bonchev–Trinajstić information content (AvgIpc) is 3.40. The number of rotatable bonds is 6. The molecule has 3 aromatic rings. The van der Waals surface area contributed by atoms with Crippen LogP contribution in [-0.2, 0) is 11.3 Å². The minimum Gasteiger partial charge on any atom is -0.493 e.